The van der Waals surface area contributed by atoms with Gasteiger partial charge in [-0.15, -0.1) is 11.3 Å². The first kappa shape index (κ1) is 32.1. The number of allylic oxidation sites excluding steroid dienone is 4. The van der Waals surface area contributed by atoms with Crippen molar-refractivity contribution in [1.82, 2.24) is 0 Å². The Morgan fingerprint density at radius 3 is 1.26 bits per heavy atom. The molecule has 0 nitrogen and oxygen atoms in total. The summed E-state index contributed by atoms with van der Waals surface area (Å²) in [6, 6.07) is 8.49. The van der Waals surface area contributed by atoms with E-state index in [0.29, 0.717) is 0 Å². The van der Waals surface area contributed by atoms with Gasteiger partial charge in [-0.1, -0.05) is 36.3 Å². The van der Waals surface area contributed by atoms with Gasteiger partial charge in [0, 0.05) is 30.7 Å². The third-order valence-corrected chi connectivity index (χ3v) is 5.57. The Kier molecular flexibility index (Phi) is 13.9. The Morgan fingerprint density at radius 2 is 0.968 bits per heavy atom. The molecule has 1 aromatic carbocycles. The van der Waals surface area contributed by atoms with Gasteiger partial charge in [0.1, 0.15) is 0 Å². The van der Waals surface area contributed by atoms with Crippen LogP contribution in [0.15, 0.2) is 51.9 Å². The predicted molar refractivity (Wildman–Crippen MR) is 113 cm³/mol. The second-order valence-corrected chi connectivity index (χ2v) is 7.44. The van der Waals surface area contributed by atoms with E-state index in [1.54, 1.807) is 0 Å². The topological polar surface area (TPSA) is 0 Å². The largest absolute Gasteiger partial charge is 0.673 e. The van der Waals surface area contributed by atoms with Crippen LogP contribution < -0.4 is 0 Å². The summed E-state index contributed by atoms with van der Waals surface area (Å²) in [5, 5.41) is 3.59. The SMILES string of the molecule is C[C]1C(C)=C(C)C(C)=C1C.Cc1csc2ccccc12.F[B-](F)(F)F.F[B-](F)(F)F.[Ir]. The summed E-state index contributed by atoms with van der Waals surface area (Å²) in [5.41, 5.74) is 7.26. The number of rotatable bonds is 0. The third-order valence-electron chi connectivity index (χ3n) is 4.49. The summed E-state index contributed by atoms with van der Waals surface area (Å²) >= 11 is 1.81. The molecular weight excluding hydrogens is 626 g/mol. The summed E-state index contributed by atoms with van der Waals surface area (Å²) in [6.07, 6.45) is 0. The first-order valence-electron chi connectivity index (χ1n) is 8.80. The molecule has 2 radical (unpaired) electrons. The number of thiophene rings is 1. The van der Waals surface area contributed by atoms with Gasteiger partial charge in [-0.25, -0.2) is 0 Å². The Hall–Kier alpha value is -1.12. The van der Waals surface area contributed by atoms with Gasteiger partial charge in [0.25, 0.3) is 0 Å². The maximum Gasteiger partial charge on any atom is 0.673 e. The molecule has 2 aromatic rings. The van der Waals surface area contributed by atoms with Crippen LogP contribution in [0.4, 0.5) is 34.5 Å². The fourth-order valence-electron chi connectivity index (χ4n) is 2.52. The second kappa shape index (κ2) is 13.4. The molecule has 0 bridgehead atoms. The third kappa shape index (κ3) is 13.8. The molecule has 31 heavy (non-hydrogen) atoms. The Balaban J connectivity index is 0. The van der Waals surface area contributed by atoms with Crippen molar-refractivity contribution in [1.29, 1.82) is 0 Å². The fourth-order valence-corrected chi connectivity index (χ4v) is 3.46. The molecule has 1 aliphatic rings. The van der Waals surface area contributed by atoms with Crippen LogP contribution in [0.2, 0.25) is 0 Å². The summed E-state index contributed by atoms with van der Waals surface area (Å²) in [5.74, 6) is 1.47. The molecule has 1 aliphatic carbocycles. The summed E-state index contributed by atoms with van der Waals surface area (Å²) in [7, 11) is -12.0. The molecule has 1 aromatic heterocycles. The molecule has 0 atom stereocenters. The average Bonchev–Trinajstić information content (AvgIpc) is 3.04. The number of hydrogen-bond acceptors (Lipinski definition) is 1. The average molecular weight is 649 g/mol. The van der Waals surface area contributed by atoms with Gasteiger partial charge in [-0.05, 0) is 68.2 Å². The van der Waals surface area contributed by atoms with Crippen LogP contribution in [0.1, 0.15) is 40.2 Å². The van der Waals surface area contributed by atoms with E-state index in [9.17, 15) is 34.5 Å². The van der Waals surface area contributed by atoms with Crippen LogP contribution in [0.3, 0.4) is 0 Å². The second-order valence-electron chi connectivity index (χ2n) is 6.53. The molecule has 12 heteroatoms. The van der Waals surface area contributed by atoms with Crippen LogP contribution in [0.25, 0.3) is 10.1 Å². The molecular formula is C19H23B2F8IrS-2. The van der Waals surface area contributed by atoms with Crippen LogP contribution >= 0.6 is 11.3 Å². The van der Waals surface area contributed by atoms with E-state index in [-0.39, 0.29) is 20.1 Å². The van der Waals surface area contributed by atoms with Crippen molar-refractivity contribution in [2.45, 2.75) is 41.5 Å². The maximum atomic E-state index is 9.75. The molecule has 0 saturated carbocycles. The maximum absolute atomic E-state index is 9.75. The zero-order chi connectivity index (χ0) is 23.9. The standard InChI is InChI=1S/C10H15.C9H8S.2BF4.Ir/c1-6-7(2)9(4)10(5)8(6)3;1-7-6-10-9-5-3-2-4-8(7)9;2*2-1(3,4)5;/h1-5H3;2-6H,1H3;;;/q;;2*-1;. The van der Waals surface area contributed by atoms with Crippen molar-refractivity contribution < 1.29 is 54.6 Å². The number of aryl methyl sites for hydroxylation is 1. The summed E-state index contributed by atoms with van der Waals surface area (Å²) in [6.45, 7) is 13.1. The zero-order valence-corrected chi connectivity index (χ0v) is 21.0. The minimum atomic E-state index is -6.00. The Labute approximate surface area is 195 Å². The Morgan fingerprint density at radius 1 is 0.613 bits per heavy atom. The number of halogens is 8. The van der Waals surface area contributed by atoms with E-state index >= 15 is 0 Å². The molecule has 0 saturated heterocycles. The van der Waals surface area contributed by atoms with Crippen molar-refractivity contribution in [3.05, 3.63) is 63.4 Å². The molecule has 1 heterocycles. The van der Waals surface area contributed by atoms with E-state index in [4.69, 9.17) is 0 Å². The smallest absolute Gasteiger partial charge is 0.418 e. The molecule has 178 valence electrons. The first-order chi connectivity index (χ1) is 13.4. The zero-order valence-electron chi connectivity index (χ0n) is 17.8. The molecule has 0 fully saturated rings. The molecule has 0 unspecified atom stereocenters. The van der Waals surface area contributed by atoms with Crippen LogP contribution in [0.5, 0.6) is 0 Å². The van der Waals surface area contributed by atoms with Gasteiger partial charge in [0.05, 0.1) is 0 Å². The van der Waals surface area contributed by atoms with E-state index in [1.807, 2.05) is 11.3 Å². The Bertz CT molecular complexity index is 837. The van der Waals surface area contributed by atoms with Crippen molar-refractivity contribution in [3.63, 3.8) is 0 Å². The van der Waals surface area contributed by atoms with E-state index in [0.717, 1.165) is 0 Å². The molecule has 0 amide bonds. The van der Waals surface area contributed by atoms with Gasteiger partial charge < -0.3 is 34.5 Å². The molecule has 0 spiro atoms. The van der Waals surface area contributed by atoms with Crippen LogP contribution in [0, 0.1) is 12.8 Å². The normalized spacial score (nSPS) is 14.1. The van der Waals surface area contributed by atoms with Gasteiger partial charge in [0.2, 0.25) is 0 Å². The van der Waals surface area contributed by atoms with Crippen LogP contribution in [-0.4, -0.2) is 14.5 Å². The number of fused-ring (bicyclic) bond motifs is 1. The van der Waals surface area contributed by atoms with Gasteiger partial charge >= 0.3 is 14.5 Å². The fraction of sp³-hybridized carbons (Fsp3) is 0.316. The van der Waals surface area contributed by atoms with Crippen molar-refractivity contribution in [2.24, 2.45) is 0 Å². The summed E-state index contributed by atoms with van der Waals surface area (Å²) < 4.78 is 79.4. The van der Waals surface area contributed by atoms with Gasteiger partial charge in [-0.3, -0.25) is 0 Å². The van der Waals surface area contributed by atoms with Crippen LogP contribution in [-0.2, 0) is 20.1 Å². The molecule has 3 rings (SSSR count). The summed E-state index contributed by atoms with van der Waals surface area (Å²) in [4.78, 5) is 0. The molecule has 0 N–H and O–H groups in total. The number of benzene rings is 1. The van der Waals surface area contributed by atoms with Crippen molar-refractivity contribution >= 4 is 35.9 Å². The first-order valence-corrected chi connectivity index (χ1v) is 9.68. The quantitative estimate of drug-likeness (QED) is 0.198. The van der Waals surface area contributed by atoms with Gasteiger partial charge in [-0.2, -0.15) is 0 Å². The van der Waals surface area contributed by atoms with E-state index in [2.05, 4.69) is 71.2 Å². The van der Waals surface area contributed by atoms with Crippen molar-refractivity contribution in [3.8, 4) is 0 Å². The minimum Gasteiger partial charge on any atom is -0.418 e. The van der Waals surface area contributed by atoms with E-state index in [1.165, 1.54) is 43.9 Å². The minimum absolute atomic E-state index is 0. The van der Waals surface area contributed by atoms with E-state index < -0.39 is 14.5 Å². The van der Waals surface area contributed by atoms with Crippen molar-refractivity contribution in [2.75, 3.05) is 0 Å². The molecule has 0 aliphatic heterocycles. The number of hydrogen-bond donors (Lipinski definition) is 0. The monoisotopic (exact) mass is 650 g/mol. The predicted octanol–water partition coefficient (Wildman–Crippen LogP) is 9.07. The van der Waals surface area contributed by atoms with Gasteiger partial charge in [0.15, 0.2) is 0 Å².